The van der Waals surface area contributed by atoms with Gasteiger partial charge in [0.25, 0.3) is 0 Å². The summed E-state index contributed by atoms with van der Waals surface area (Å²) in [6.07, 6.45) is 1.07. The molecule has 0 radical (unpaired) electrons. The molecule has 0 aliphatic carbocycles. The summed E-state index contributed by atoms with van der Waals surface area (Å²) in [5.74, 6) is 0.883. The summed E-state index contributed by atoms with van der Waals surface area (Å²) < 4.78 is 6.98. The van der Waals surface area contributed by atoms with Crippen molar-refractivity contribution in [3.8, 4) is 5.75 Å². The Balaban J connectivity index is 1.79. The fourth-order valence-electron chi connectivity index (χ4n) is 2.36. The first-order valence-corrected chi connectivity index (χ1v) is 7.95. The van der Waals surface area contributed by atoms with Gasteiger partial charge in [0, 0.05) is 0 Å². The van der Waals surface area contributed by atoms with Gasteiger partial charge >= 0.3 is 0 Å². The monoisotopic (exact) mass is 340 g/mol. The van der Waals surface area contributed by atoms with Gasteiger partial charge in [-0.25, -0.2) is 0 Å². The van der Waals surface area contributed by atoms with Crippen molar-refractivity contribution in [2.75, 3.05) is 0 Å². The number of fused-ring (bicyclic) bond motifs is 1. The van der Waals surface area contributed by atoms with E-state index < -0.39 is 0 Å². The van der Waals surface area contributed by atoms with E-state index >= 15 is 0 Å². The maximum Gasteiger partial charge on any atom is 0.134 e. The zero-order valence-corrected chi connectivity index (χ0v) is 13.6. The van der Waals surface area contributed by atoms with Crippen LogP contribution in [-0.4, -0.2) is 0 Å². The Kier molecular flexibility index (Phi) is 4.26. The zero-order chi connectivity index (χ0) is 14.7. The van der Waals surface area contributed by atoms with Crippen LogP contribution >= 0.6 is 15.9 Å². The standard InChI is InChI=1S/C19H17BrO/c1-2-14-7-9-15(10-8-14)13-21-18-12-11-16-5-3-4-6-17(16)19(18)20/h3-12H,2,13H2,1H3. The van der Waals surface area contributed by atoms with Gasteiger partial charge in [-0.2, -0.15) is 0 Å². The lowest BCUT2D eigenvalue weighted by Crippen LogP contribution is -1.96. The summed E-state index contributed by atoms with van der Waals surface area (Å²) >= 11 is 3.65. The van der Waals surface area contributed by atoms with Crippen LogP contribution in [0.5, 0.6) is 5.75 Å². The lowest BCUT2D eigenvalue weighted by Gasteiger charge is -2.11. The highest BCUT2D eigenvalue weighted by Gasteiger charge is 2.06. The van der Waals surface area contributed by atoms with Gasteiger partial charge in [-0.1, -0.05) is 61.5 Å². The van der Waals surface area contributed by atoms with Gasteiger partial charge in [0.05, 0.1) is 4.47 Å². The van der Waals surface area contributed by atoms with E-state index in [1.807, 2.05) is 18.2 Å². The van der Waals surface area contributed by atoms with Crippen LogP contribution < -0.4 is 4.74 Å². The first-order valence-electron chi connectivity index (χ1n) is 7.16. The number of hydrogen-bond donors (Lipinski definition) is 0. The molecular formula is C19H17BrO. The molecule has 0 N–H and O–H groups in total. The van der Waals surface area contributed by atoms with E-state index in [1.54, 1.807) is 0 Å². The summed E-state index contributed by atoms with van der Waals surface area (Å²) in [5.41, 5.74) is 2.54. The lowest BCUT2D eigenvalue weighted by molar-refractivity contribution is 0.305. The number of benzene rings is 3. The first kappa shape index (κ1) is 14.2. The van der Waals surface area contributed by atoms with E-state index in [2.05, 4.69) is 65.3 Å². The minimum Gasteiger partial charge on any atom is -0.488 e. The number of rotatable bonds is 4. The molecule has 106 valence electrons. The molecule has 0 amide bonds. The normalized spacial score (nSPS) is 10.8. The fraction of sp³-hybridized carbons (Fsp3) is 0.158. The molecule has 0 atom stereocenters. The number of hydrogen-bond acceptors (Lipinski definition) is 1. The van der Waals surface area contributed by atoms with E-state index in [-0.39, 0.29) is 0 Å². The summed E-state index contributed by atoms with van der Waals surface area (Å²) in [6, 6.07) is 21.0. The molecule has 0 aliphatic heterocycles. The van der Waals surface area contributed by atoms with Crippen molar-refractivity contribution >= 4 is 26.7 Å². The van der Waals surface area contributed by atoms with Crippen LogP contribution in [0.25, 0.3) is 10.8 Å². The van der Waals surface area contributed by atoms with Crippen LogP contribution in [0.3, 0.4) is 0 Å². The second-order valence-electron chi connectivity index (χ2n) is 5.06. The summed E-state index contributed by atoms with van der Waals surface area (Å²) in [5, 5.41) is 2.39. The molecular weight excluding hydrogens is 324 g/mol. The van der Waals surface area contributed by atoms with Crippen molar-refractivity contribution in [3.63, 3.8) is 0 Å². The summed E-state index contributed by atoms with van der Waals surface area (Å²) in [6.45, 7) is 2.75. The van der Waals surface area contributed by atoms with Gasteiger partial charge in [-0.15, -0.1) is 0 Å². The Morgan fingerprint density at radius 3 is 2.33 bits per heavy atom. The molecule has 21 heavy (non-hydrogen) atoms. The van der Waals surface area contributed by atoms with Crippen LogP contribution in [-0.2, 0) is 13.0 Å². The third kappa shape index (κ3) is 3.11. The zero-order valence-electron chi connectivity index (χ0n) is 12.0. The van der Waals surface area contributed by atoms with Crippen LogP contribution in [0.1, 0.15) is 18.1 Å². The van der Waals surface area contributed by atoms with Gasteiger partial charge < -0.3 is 4.74 Å². The minimum atomic E-state index is 0.584. The largest absolute Gasteiger partial charge is 0.488 e. The molecule has 0 saturated heterocycles. The highest BCUT2D eigenvalue weighted by Crippen LogP contribution is 2.33. The molecule has 3 aromatic rings. The molecule has 3 rings (SSSR count). The van der Waals surface area contributed by atoms with Crippen LogP contribution in [0.4, 0.5) is 0 Å². The number of aryl methyl sites for hydroxylation is 1. The average Bonchev–Trinajstić information content (AvgIpc) is 2.55. The second-order valence-corrected chi connectivity index (χ2v) is 5.85. The number of halogens is 1. The fourth-order valence-corrected chi connectivity index (χ4v) is 2.97. The molecule has 0 heterocycles. The van der Waals surface area contributed by atoms with E-state index in [0.29, 0.717) is 6.61 Å². The highest BCUT2D eigenvalue weighted by molar-refractivity contribution is 9.10. The van der Waals surface area contributed by atoms with Gasteiger partial charge in [0.1, 0.15) is 12.4 Å². The third-order valence-corrected chi connectivity index (χ3v) is 4.47. The Morgan fingerprint density at radius 1 is 0.857 bits per heavy atom. The van der Waals surface area contributed by atoms with Crippen molar-refractivity contribution in [2.24, 2.45) is 0 Å². The van der Waals surface area contributed by atoms with E-state index in [4.69, 9.17) is 4.74 Å². The van der Waals surface area contributed by atoms with Gasteiger partial charge in [0.15, 0.2) is 0 Å². The summed E-state index contributed by atoms with van der Waals surface area (Å²) in [4.78, 5) is 0. The molecule has 0 saturated carbocycles. The molecule has 0 fully saturated rings. The van der Waals surface area contributed by atoms with Crippen LogP contribution in [0, 0.1) is 0 Å². The summed E-state index contributed by atoms with van der Waals surface area (Å²) in [7, 11) is 0. The molecule has 2 heteroatoms. The SMILES string of the molecule is CCc1ccc(COc2ccc3ccccc3c2Br)cc1. The molecule has 1 nitrogen and oxygen atoms in total. The maximum absolute atomic E-state index is 5.96. The Bertz CT molecular complexity index is 747. The Morgan fingerprint density at radius 2 is 1.57 bits per heavy atom. The Labute approximate surface area is 133 Å². The smallest absolute Gasteiger partial charge is 0.134 e. The van der Waals surface area contributed by atoms with Crippen LogP contribution in [0.2, 0.25) is 0 Å². The lowest BCUT2D eigenvalue weighted by atomic mass is 10.1. The molecule has 3 aromatic carbocycles. The molecule has 0 spiro atoms. The van der Waals surface area contributed by atoms with Crippen molar-refractivity contribution < 1.29 is 4.74 Å². The van der Waals surface area contributed by atoms with Gasteiger partial charge in [-0.3, -0.25) is 0 Å². The quantitative estimate of drug-likeness (QED) is 0.588. The molecule has 0 bridgehead atoms. The van der Waals surface area contributed by atoms with E-state index in [1.165, 1.54) is 21.9 Å². The van der Waals surface area contributed by atoms with Crippen molar-refractivity contribution in [2.45, 2.75) is 20.0 Å². The Hall–Kier alpha value is -1.80. The van der Waals surface area contributed by atoms with Crippen molar-refractivity contribution in [1.82, 2.24) is 0 Å². The van der Waals surface area contributed by atoms with E-state index in [0.717, 1.165) is 16.6 Å². The predicted octanol–water partition coefficient (Wildman–Crippen LogP) is 5.74. The van der Waals surface area contributed by atoms with E-state index in [9.17, 15) is 0 Å². The van der Waals surface area contributed by atoms with Gasteiger partial charge in [0.2, 0.25) is 0 Å². The second kappa shape index (κ2) is 6.31. The van der Waals surface area contributed by atoms with Gasteiger partial charge in [-0.05, 0) is 50.3 Å². The maximum atomic E-state index is 5.96. The first-order chi connectivity index (χ1) is 10.3. The average molecular weight is 341 g/mol. The molecule has 0 aromatic heterocycles. The predicted molar refractivity (Wildman–Crippen MR) is 91.8 cm³/mol. The van der Waals surface area contributed by atoms with Crippen molar-refractivity contribution in [1.29, 1.82) is 0 Å². The number of ether oxygens (including phenoxy) is 1. The highest BCUT2D eigenvalue weighted by atomic mass is 79.9. The van der Waals surface area contributed by atoms with Crippen LogP contribution in [0.15, 0.2) is 65.1 Å². The third-order valence-electron chi connectivity index (χ3n) is 3.65. The van der Waals surface area contributed by atoms with Crippen molar-refractivity contribution in [3.05, 3.63) is 76.3 Å². The molecule has 0 unspecified atom stereocenters. The topological polar surface area (TPSA) is 9.23 Å². The molecule has 0 aliphatic rings. The minimum absolute atomic E-state index is 0.584.